The van der Waals surface area contributed by atoms with Gasteiger partial charge in [-0.15, -0.1) is 11.3 Å². The van der Waals surface area contributed by atoms with Gasteiger partial charge in [0.2, 0.25) is 17.7 Å². The summed E-state index contributed by atoms with van der Waals surface area (Å²) in [4.78, 5) is 55.6. The molecule has 1 saturated heterocycles. The van der Waals surface area contributed by atoms with Crippen LogP contribution in [0.3, 0.4) is 0 Å². The molecule has 1 aliphatic rings. The van der Waals surface area contributed by atoms with Crippen molar-refractivity contribution in [2.24, 2.45) is 0 Å². The standard InChI is InChI=1S/C23H28ClN5O4S/c1-14(2)29(22(33)16-7-3-4-8-17(16)24)12-20(31)28-23-26-15(13-34-23)11-19(30)27-18-9-5-6-10-25-21(18)32/h3-4,7-8,13-14,18H,5-6,9-12H2,1-2H3,(H,25,32)(H,27,30)(H,26,28,31). The monoisotopic (exact) mass is 505 g/mol. The number of thiazole rings is 1. The van der Waals surface area contributed by atoms with Crippen LogP contribution in [0.5, 0.6) is 0 Å². The number of nitrogens with zero attached hydrogens (tertiary/aromatic N) is 2. The molecule has 1 fully saturated rings. The van der Waals surface area contributed by atoms with Gasteiger partial charge in [0.05, 0.1) is 22.7 Å². The van der Waals surface area contributed by atoms with E-state index in [1.165, 1.54) is 16.2 Å². The summed E-state index contributed by atoms with van der Waals surface area (Å²) in [5, 5.41) is 10.5. The Labute approximate surface area is 207 Å². The Bertz CT molecular complexity index is 1060. The van der Waals surface area contributed by atoms with E-state index < -0.39 is 11.9 Å². The van der Waals surface area contributed by atoms with Gasteiger partial charge in [-0.3, -0.25) is 19.2 Å². The molecule has 1 unspecified atom stereocenters. The lowest BCUT2D eigenvalue weighted by atomic mass is 10.1. The zero-order valence-electron chi connectivity index (χ0n) is 19.1. The minimum absolute atomic E-state index is 0.000732. The maximum Gasteiger partial charge on any atom is 0.256 e. The topological polar surface area (TPSA) is 120 Å². The second-order valence-electron chi connectivity index (χ2n) is 8.28. The summed E-state index contributed by atoms with van der Waals surface area (Å²) in [5.41, 5.74) is 0.815. The summed E-state index contributed by atoms with van der Waals surface area (Å²) in [6.45, 7) is 4.08. The number of hydrogen-bond acceptors (Lipinski definition) is 6. The number of amides is 4. The van der Waals surface area contributed by atoms with Crippen molar-refractivity contribution < 1.29 is 19.2 Å². The highest BCUT2D eigenvalue weighted by molar-refractivity contribution is 7.13. The van der Waals surface area contributed by atoms with E-state index in [2.05, 4.69) is 20.9 Å². The number of aromatic nitrogens is 1. The van der Waals surface area contributed by atoms with E-state index in [1.807, 2.05) is 13.8 Å². The molecule has 1 aromatic heterocycles. The van der Waals surface area contributed by atoms with E-state index in [4.69, 9.17) is 11.6 Å². The zero-order chi connectivity index (χ0) is 24.7. The lowest BCUT2D eigenvalue weighted by Gasteiger charge is -2.26. The van der Waals surface area contributed by atoms with Crippen molar-refractivity contribution in [1.29, 1.82) is 0 Å². The van der Waals surface area contributed by atoms with Crippen LogP contribution >= 0.6 is 22.9 Å². The third-order valence-electron chi connectivity index (χ3n) is 5.31. The number of anilines is 1. The van der Waals surface area contributed by atoms with Crippen molar-refractivity contribution in [3.8, 4) is 0 Å². The molecule has 182 valence electrons. The van der Waals surface area contributed by atoms with E-state index in [0.29, 0.717) is 34.4 Å². The second-order valence-corrected chi connectivity index (χ2v) is 9.55. The molecule has 4 amide bonds. The number of nitrogens with one attached hydrogen (secondary N) is 3. The van der Waals surface area contributed by atoms with Gasteiger partial charge in [0, 0.05) is 18.0 Å². The average Bonchev–Trinajstić information content (AvgIpc) is 3.11. The van der Waals surface area contributed by atoms with Crippen molar-refractivity contribution in [2.75, 3.05) is 18.4 Å². The first kappa shape index (κ1) is 25.6. The van der Waals surface area contributed by atoms with E-state index in [9.17, 15) is 19.2 Å². The summed E-state index contributed by atoms with van der Waals surface area (Å²) in [6, 6.07) is 5.93. The normalized spacial score (nSPS) is 15.9. The SMILES string of the molecule is CC(C)N(CC(=O)Nc1nc(CC(=O)NC2CCCCNC2=O)cs1)C(=O)c1ccccc1Cl. The van der Waals surface area contributed by atoms with Crippen molar-refractivity contribution >= 4 is 51.7 Å². The van der Waals surface area contributed by atoms with E-state index >= 15 is 0 Å². The maximum atomic E-state index is 12.9. The quantitative estimate of drug-likeness (QED) is 0.509. The van der Waals surface area contributed by atoms with Crippen LogP contribution in [0.4, 0.5) is 5.13 Å². The molecule has 9 nitrogen and oxygen atoms in total. The van der Waals surface area contributed by atoms with Crippen molar-refractivity contribution in [3.63, 3.8) is 0 Å². The van der Waals surface area contributed by atoms with Gasteiger partial charge in [-0.25, -0.2) is 4.98 Å². The molecule has 1 aromatic carbocycles. The molecular formula is C23H28ClN5O4S. The van der Waals surface area contributed by atoms with E-state index in [1.54, 1.807) is 29.6 Å². The average molecular weight is 506 g/mol. The van der Waals surface area contributed by atoms with Gasteiger partial charge in [-0.2, -0.15) is 0 Å². The van der Waals surface area contributed by atoms with Crippen LogP contribution in [0.15, 0.2) is 29.6 Å². The number of rotatable bonds is 8. The Morgan fingerprint density at radius 3 is 2.74 bits per heavy atom. The fourth-order valence-electron chi connectivity index (χ4n) is 3.52. The highest BCUT2D eigenvalue weighted by Crippen LogP contribution is 2.19. The van der Waals surface area contributed by atoms with Crippen LogP contribution in [0.2, 0.25) is 5.02 Å². The van der Waals surface area contributed by atoms with Gasteiger partial charge in [-0.05, 0) is 45.2 Å². The lowest BCUT2D eigenvalue weighted by Crippen LogP contribution is -2.46. The lowest BCUT2D eigenvalue weighted by molar-refractivity contribution is -0.128. The van der Waals surface area contributed by atoms with Crippen LogP contribution in [-0.2, 0) is 20.8 Å². The van der Waals surface area contributed by atoms with Crippen LogP contribution in [0.1, 0.15) is 49.2 Å². The predicted octanol–water partition coefficient (Wildman–Crippen LogP) is 2.61. The number of hydrogen-bond donors (Lipinski definition) is 3. The second kappa shape index (κ2) is 11.9. The Morgan fingerprint density at radius 1 is 1.24 bits per heavy atom. The Hall–Kier alpha value is -2.98. The molecule has 11 heteroatoms. The molecule has 3 N–H and O–H groups in total. The Balaban J connectivity index is 1.55. The Morgan fingerprint density at radius 2 is 2.00 bits per heavy atom. The number of carbonyl (C=O) groups excluding carboxylic acids is 4. The number of benzene rings is 1. The third-order valence-corrected chi connectivity index (χ3v) is 6.45. The summed E-state index contributed by atoms with van der Waals surface area (Å²) < 4.78 is 0. The van der Waals surface area contributed by atoms with Gasteiger partial charge in [0.25, 0.3) is 5.91 Å². The summed E-state index contributed by atoms with van der Waals surface area (Å²) in [7, 11) is 0. The third kappa shape index (κ3) is 7.01. The molecular weight excluding hydrogens is 478 g/mol. The first-order valence-electron chi connectivity index (χ1n) is 11.1. The molecule has 2 heterocycles. The minimum atomic E-state index is -0.537. The largest absolute Gasteiger partial charge is 0.354 e. The Kier molecular flexibility index (Phi) is 9.00. The molecule has 0 saturated carbocycles. The van der Waals surface area contributed by atoms with Crippen LogP contribution in [-0.4, -0.2) is 58.7 Å². The minimum Gasteiger partial charge on any atom is -0.354 e. The van der Waals surface area contributed by atoms with Crippen LogP contribution in [0, 0.1) is 0 Å². The van der Waals surface area contributed by atoms with Gasteiger partial charge in [0.1, 0.15) is 12.6 Å². The molecule has 0 radical (unpaired) electrons. The fraction of sp³-hybridized carbons (Fsp3) is 0.435. The van der Waals surface area contributed by atoms with Gasteiger partial charge in [0.15, 0.2) is 5.13 Å². The van der Waals surface area contributed by atoms with Crippen LogP contribution in [0.25, 0.3) is 0 Å². The van der Waals surface area contributed by atoms with E-state index in [0.717, 1.165) is 12.8 Å². The van der Waals surface area contributed by atoms with E-state index in [-0.39, 0.29) is 36.7 Å². The summed E-state index contributed by atoms with van der Waals surface area (Å²) in [6.07, 6.45) is 2.36. The smallest absolute Gasteiger partial charge is 0.256 e. The molecule has 0 bridgehead atoms. The maximum absolute atomic E-state index is 12.9. The fourth-order valence-corrected chi connectivity index (χ4v) is 4.47. The molecule has 0 spiro atoms. The van der Waals surface area contributed by atoms with Crippen LogP contribution < -0.4 is 16.0 Å². The van der Waals surface area contributed by atoms with Gasteiger partial charge in [-0.1, -0.05) is 23.7 Å². The number of carbonyl (C=O) groups is 4. The molecule has 34 heavy (non-hydrogen) atoms. The van der Waals surface area contributed by atoms with Crippen molar-refractivity contribution in [3.05, 3.63) is 45.9 Å². The molecule has 2 aromatic rings. The predicted molar refractivity (Wildman–Crippen MR) is 131 cm³/mol. The molecule has 1 atom stereocenters. The first-order valence-corrected chi connectivity index (χ1v) is 12.4. The summed E-state index contributed by atoms with van der Waals surface area (Å²) >= 11 is 7.33. The molecule has 0 aliphatic carbocycles. The van der Waals surface area contributed by atoms with Crippen molar-refractivity contribution in [1.82, 2.24) is 20.5 Å². The molecule has 3 rings (SSSR count). The zero-order valence-corrected chi connectivity index (χ0v) is 20.7. The number of halogens is 1. The molecule has 1 aliphatic heterocycles. The summed E-state index contributed by atoms with van der Waals surface area (Å²) in [5.74, 6) is -1.22. The highest BCUT2D eigenvalue weighted by Gasteiger charge is 2.25. The van der Waals surface area contributed by atoms with Gasteiger partial charge >= 0.3 is 0 Å². The van der Waals surface area contributed by atoms with Gasteiger partial charge < -0.3 is 20.9 Å². The first-order chi connectivity index (χ1) is 16.2. The highest BCUT2D eigenvalue weighted by atomic mass is 35.5. The van der Waals surface area contributed by atoms with Crippen molar-refractivity contribution in [2.45, 2.75) is 51.6 Å².